The molecule has 1 aliphatic heterocycles. The van der Waals surface area contributed by atoms with Crippen molar-refractivity contribution in [2.24, 2.45) is 0 Å². The van der Waals surface area contributed by atoms with Crippen LogP contribution in [0, 0.1) is 0 Å². The number of H-pyrrole nitrogens is 1. The van der Waals surface area contributed by atoms with Gasteiger partial charge < -0.3 is 15.4 Å². The molecule has 1 fully saturated rings. The first kappa shape index (κ1) is 16.6. The number of anilines is 1. The molecular formula is C20H22N4O2. The van der Waals surface area contributed by atoms with Crippen LogP contribution in [0.1, 0.15) is 23.2 Å². The first-order valence-electron chi connectivity index (χ1n) is 8.82. The first-order chi connectivity index (χ1) is 12.6. The highest BCUT2D eigenvalue weighted by molar-refractivity contribution is 5.96. The van der Waals surface area contributed by atoms with Gasteiger partial charge in [0.2, 0.25) is 0 Å². The summed E-state index contributed by atoms with van der Waals surface area (Å²) in [6.45, 7) is 1.43. The summed E-state index contributed by atoms with van der Waals surface area (Å²) in [6.07, 6.45) is 1.77. The van der Waals surface area contributed by atoms with Crippen LogP contribution in [0.5, 0.6) is 0 Å². The number of fused-ring (bicyclic) bond motifs is 1. The van der Waals surface area contributed by atoms with Gasteiger partial charge in [0.05, 0.1) is 5.52 Å². The van der Waals surface area contributed by atoms with Crippen molar-refractivity contribution in [3.63, 3.8) is 0 Å². The van der Waals surface area contributed by atoms with Crippen molar-refractivity contribution in [2.45, 2.75) is 18.9 Å². The van der Waals surface area contributed by atoms with E-state index in [0.29, 0.717) is 24.6 Å². The number of ether oxygens (including phenoxy) is 1. The largest absolute Gasteiger partial charge is 0.382 e. The van der Waals surface area contributed by atoms with Crippen LogP contribution < -0.4 is 5.73 Å². The smallest absolute Gasteiger partial charge is 0.253 e. The number of hydrogen-bond donors (Lipinski definition) is 2. The van der Waals surface area contributed by atoms with Crippen molar-refractivity contribution in [2.75, 3.05) is 26.0 Å². The maximum Gasteiger partial charge on any atom is 0.253 e. The van der Waals surface area contributed by atoms with E-state index in [9.17, 15) is 4.79 Å². The fourth-order valence-corrected chi connectivity index (χ4v) is 3.49. The lowest BCUT2D eigenvalue weighted by Gasteiger charge is -2.31. The first-order valence-corrected chi connectivity index (χ1v) is 8.82. The lowest BCUT2D eigenvalue weighted by atomic mass is 10.0. The molecule has 0 aliphatic carbocycles. The molecule has 6 nitrogen and oxygen atoms in total. The Morgan fingerprint density at radius 3 is 2.77 bits per heavy atom. The van der Waals surface area contributed by atoms with E-state index in [1.165, 1.54) is 0 Å². The SMILES string of the molecule is CN(C(=O)c1cccc(-c2ccc3[nH]nc(N)c3c2)c1)C1CCOCC1. The molecule has 26 heavy (non-hydrogen) atoms. The second kappa shape index (κ2) is 6.80. The minimum absolute atomic E-state index is 0.0441. The van der Waals surface area contributed by atoms with Crippen molar-refractivity contribution in [1.82, 2.24) is 15.1 Å². The molecule has 6 heteroatoms. The van der Waals surface area contributed by atoms with Crippen LogP contribution in [0.2, 0.25) is 0 Å². The van der Waals surface area contributed by atoms with E-state index in [2.05, 4.69) is 10.2 Å². The normalized spacial score (nSPS) is 15.3. The van der Waals surface area contributed by atoms with Gasteiger partial charge in [-0.05, 0) is 48.2 Å². The van der Waals surface area contributed by atoms with Gasteiger partial charge in [-0.2, -0.15) is 5.10 Å². The quantitative estimate of drug-likeness (QED) is 0.760. The zero-order chi connectivity index (χ0) is 18.1. The van der Waals surface area contributed by atoms with Gasteiger partial charge in [0.15, 0.2) is 5.82 Å². The molecule has 2 heterocycles. The standard InChI is InChI=1S/C20H22N4O2/c1-24(16-7-9-26-10-8-16)20(25)15-4-2-3-13(11-15)14-5-6-18-17(12-14)19(21)23-22-18/h2-6,11-12,16H,7-10H2,1H3,(H3,21,22,23). The predicted octanol–water partition coefficient (Wildman–Crippen LogP) is 3.06. The van der Waals surface area contributed by atoms with Gasteiger partial charge in [0.25, 0.3) is 5.91 Å². The maximum atomic E-state index is 12.9. The number of aromatic amines is 1. The third-order valence-corrected chi connectivity index (χ3v) is 5.09. The van der Waals surface area contributed by atoms with Gasteiger partial charge in [-0.3, -0.25) is 9.89 Å². The molecule has 134 valence electrons. The number of hydrogen-bond acceptors (Lipinski definition) is 4. The number of carbonyl (C=O) groups excluding carboxylic acids is 1. The van der Waals surface area contributed by atoms with Crippen LogP contribution in [0.25, 0.3) is 22.0 Å². The van der Waals surface area contributed by atoms with Gasteiger partial charge >= 0.3 is 0 Å². The highest BCUT2D eigenvalue weighted by Crippen LogP contribution is 2.27. The second-order valence-corrected chi connectivity index (χ2v) is 6.71. The number of aromatic nitrogens is 2. The molecule has 1 amide bonds. The van der Waals surface area contributed by atoms with E-state index in [0.717, 1.165) is 34.9 Å². The molecule has 2 aromatic carbocycles. The van der Waals surface area contributed by atoms with E-state index in [1.54, 1.807) is 0 Å². The Bertz CT molecular complexity index is 944. The summed E-state index contributed by atoms with van der Waals surface area (Å²) in [4.78, 5) is 14.7. The average Bonchev–Trinajstić information content (AvgIpc) is 3.08. The van der Waals surface area contributed by atoms with Gasteiger partial charge in [-0.1, -0.05) is 18.2 Å². The van der Waals surface area contributed by atoms with E-state index in [-0.39, 0.29) is 11.9 Å². The van der Waals surface area contributed by atoms with Crippen molar-refractivity contribution < 1.29 is 9.53 Å². The molecule has 0 unspecified atom stereocenters. The Labute approximate surface area is 151 Å². The lowest BCUT2D eigenvalue weighted by Crippen LogP contribution is -2.40. The van der Waals surface area contributed by atoms with Crippen LogP contribution in [-0.4, -0.2) is 47.3 Å². The minimum Gasteiger partial charge on any atom is -0.382 e. The van der Waals surface area contributed by atoms with E-state index in [4.69, 9.17) is 10.5 Å². The molecule has 1 aliphatic rings. The summed E-state index contributed by atoms with van der Waals surface area (Å²) in [5, 5.41) is 7.82. The number of benzene rings is 2. The van der Waals surface area contributed by atoms with E-state index >= 15 is 0 Å². The molecule has 1 saturated heterocycles. The van der Waals surface area contributed by atoms with Gasteiger partial charge in [0, 0.05) is 37.3 Å². The molecule has 0 radical (unpaired) electrons. The lowest BCUT2D eigenvalue weighted by molar-refractivity contribution is 0.0362. The Hall–Kier alpha value is -2.86. The van der Waals surface area contributed by atoms with Crippen LogP contribution >= 0.6 is 0 Å². The molecule has 3 aromatic rings. The second-order valence-electron chi connectivity index (χ2n) is 6.71. The fraction of sp³-hybridized carbons (Fsp3) is 0.300. The van der Waals surface area contributed by atoms with Gasteiger partial charge in [-0.25, -0.2) is 0 Å². The Morgan fingerprint density at radius 2 is 1.96 bits per heavy atom. The van der Waals surface area contributed by atoms with E-state index < -0.39 is 0 Å². The third kappa shape index (κ3) is 3.04. The molecule has 0 atom stereocenters. The van der Waals surface area contributed by atoms with Crippen LogP contribution in [0.3, 0.4) is 0 Å². The number of rotatable bonds is 3. The summed E-state index contributed by atoms with van der Waals surface area (Å²) < 4.78 is 5.39. The summed E-state index contributed by atoms with van der Waals surface area (Å²) in [6, 6.07) is 13.9. The summed E-state index contributed by atoms with van der Waals surface area (Å²) in [5.41, 5.74) is 9.50. The fourth-order valence-electron chi connectivity index (χ4n) is 3.49. The molecule has 0 saturated carbocycles. The maximum absolute atomic E-state index is 12.9. The Morgan fingerprint density at radius 1 is 1.19 bits per heavy atom. The Kier molecular flexibility index (Phi) is 4.34. The number of nitrogens with one attached hydrogen (secondary N) is 1. The van der Waals surface area contributed by atoms with Crippen molar-refractivity contribution in [3.05, 3.63) is 48.0 Å². The third-order valence-electron chi connectivity index (χ3n) is 5.09. The molecule has 3 N–H and O–H groups in total. The molecular weight excluding hydrogens is 328 g/mol. The Balaban J connectivity index is 1.62. The zero-order valence-corrected chi connectivity index (χ0v) is 14.7. The predicted molar refractivity (Wildman–Crippen MR) is 102 cm³/mol. The summed E-state index contributed by atoms with van der Waals surface area (Å²) in [7, 11) is 1.88. The number of nitrogens with zero attached hydrogens (tertiary/aromatic N) is 2. The molecule has 0 bridgehead atoms. The molecule has 1 aromatic heterocycles. The van der Waals surface area contributed by atoms with Crippen LogP contribution in [-0.2, 0) is 4.74 Å². The van der Waals surface area contributed by atoms with Gasteiger partial charge in [0.1, 0.15) is 0 Å². The highest BCUT2D eigenvalue weighted by Gasteiger charge is 2.23. The van der Waals surface area contributed by atoms with E-state index in [1.807, 2.05) is 54.4 Å². The van der Waals surface area contributed by atoms with Gasteiger partial charge in [-0.15, -0.1) is 0 Å². The monoisotopic (exact) mass is 350 g/mol. The number of nitrogen functional groups attached to an aromatic ring is 1. The average molecular weight is 350 g/mol. The minimum atomic E-state index is 0.0441. The number of nitrogens with two attached hydrogens (primary N) is 1. The summed E-state index contributed by atoms with van der Waals surface area (Å²) in [5.74, 6) is 0.524. The zero-order valence-electron chi connectivity index (χ0n) is 14.7. The topological polar surface area (TPSA) is 84.2 Å². The molecule has 4 rings (SSSR count). The van der Waals surface area contributed by atoms with Crippen LogP contribution in [0.4, 0.5) is 5.82 Å². The van der Waals surface area contributed by atoms with Crippen molar-refractivity contribution in [3.8, 4) is 11.1 Å². The highest BCUT2D eigenvalue weighted by atomic mass is 16.5. The number of amides is 1. The van der Waals surface area contributed by atoms with Crippen LogP contribution in [0.15, 0.2) is 42.5 Å². The number of carbonyl (C=O) groups is 1. The summed E-state index contributed by atoms with van der Waals surface area (Å²) >= 11 is 0. The molecule has 0 spiro atoms. The van der Waals surface area contributed by atoms with Crippen molar-refractivity contribution in [1.29, 1.82) is 0 Å². The van der Waals surface area contributed by atoms with Crippen molar-refractivity contribution >= 4 is 22.6 Å².